The molecule has 0 heterocycles. The van der Waals surface area contributed by atoms with Crippen LogP contribution in [-0.4, -0.2) is 47.8 Å². The van der Waals surface area contributed by atoms with Gasteiger partial charge in [-0.25, -0.2) is 0 Å². The minimum absolute atomic E-state index is 0.423. The van der Waals surface area contributed by atoms with Crippen molar-refractivity contribution in [2.45, 2.75) is 6.42 Å². The Hall–Kier alpha value is -1.66. The molecule has 2 N–H and O–H groups in total. The normalized spacial score (nSPS) is 10.3. The molecule has 0 radical (unpaired) electrons. The van der Waals surface area contributed by atoms with Crippen molar-refractivity contribution in [2.75, 3.05) is 53.5 Å². The molecule has 0 bridgehead atoms. The number of methoxy groups -OCH3 is 3. The van der Waals surface area contributed by atoms with Gasteiger partial charge in [0.15, 0.2) is 11.5 Å². The van der Waals surface area contributed by atoms with E-state index in [4.69, 9.17) is 29.4 Å². The third-order valence-corrected chi connectivity index (χ3v) is 2.64. The van der Waals surface area contributed by atoms with Crippen LogP contribution in [0.5, 0.6) is 17.2 Å². The van der Waals surface area contributed by atoms with Crippen molar-refractivity contribution in [3.8, 4) is 17.2 Å². The van der Waals surface area contributed by atoms with Crippen molar-refractivity contribution in [1.82, 2.24) is 0 Å². The SMILES string of the molecule is COCCCOCCOc1cc(OC)c(OC)cc1N. The van der Waals surface area contributed by atoms with Crippen molar-refractivity contribution in [1.29, 1.82) is 0 Å². The van der Waals surface area contributed by atoms with Crippen LogP contribution in [0, 0.1) is 0 Å². The average molecular weight is 285 g/mol. The fourth-order valence-electron chi connectivity index (χ4n) is 1.62. The van der Waals surface area contributed by atoms with E-state index in [1.54, 1.807) is 33.5 Å². The van der Waals surface area contributed by atoms with Crippen molar-refractivity contribution in [2.24, 2.45) is 0 Å². The van der Waals surface area contributed by atoms with Crippen molar-refractivity contribution in [3.63, 3.8) is 0 Å². The molecular formula is C14H23NO5. The molecule has 0 unspecified atom stereocenters. The highest BCUT2D eigenvalue weighted by molar-refractivity contribution is 5.61. The minimum Gasteiger partial charge on any atom is -0.493 e. The van der Waals surface area contributed by atoms with Crippen molar-refractivity contribution < 1.29 is 23.7 Å². The number of nitrogens with two attached hydrogens (primary N) is 1. The Morgan fingerprint density at radius 1 is 0.850 bits per heavy atom. The Bertz CT molecular complexity index is 397. The fraction of sp³-hybridized carbons (Fsp3) is 0.571. The lowest BCUT2D eigenvalue weighted by molar-refractivity contribution is 0.0807. The van der Waals surface area contributed by atoms with E-state index in [0.717, 1.165) is 6.42 Å². The van der Waals surface area contributed by atoms with Crippen molar-refractivity contribution in [3.05, 3.63) is 12.1 Å². The van der Waals surface area contributed by atoms with Gasteiger partial charge >= 0.3 is 0 Å². The molecule has 0 fully saturated rings. The van der Waals surface area contributed by atoms with Gasteiger partial charge in [-0.05, 0) is 6.42 Å². The van der Waals surface area contributed by atoms with E-state index >= 15 is 0 Å². The molecule has 6 heteroatoms. The maximum Gasteiger partial charge on any atom is 0.164 e. The smallest absolute Gasteiger partial charge is 0.164 e. The quantitative estimate of drug-likeness (QED) is 0.521. The Kier molecular flexibility index (Phi) is 7.60. The average Bonchev–Trinajstić information content (AvgIpc) is 2.47. The summed E-state index contributed by atoms with van der Waals surface area (Å²) in [6, 6.07) is 3.38. The molecule has 0 aliphatic heterocycles. The Balaban J connectivity index is 2.40. The van der Waals surface area contributed by atoms with Gasteiger partial charge in [-0.2, -0.15) is 0 Å². The van der Waals surface area contributed by atoms with Crippen LogP contribution in [0.3, 0.4) is 0 Å². The summed E-state index contributed by atoms with van der Waals surface area (Å²) in [5.74, 6) is 1.72. The first-order chi connectivity index (χ1) is 9.72. The van der Waals surface area contributed by atoms with Gasteiger partial charge in [0.2, 0.25) is 0 Å². The fourth-order valence-corrected chi connectivity index (χ4v) is 1.62. The van der Waals surface area contributed by atoms with E-state index in [1.807, 2.05) is 0 Å². The van der Waals surface area contributed by atoms with E-state index in [2.05, 4.69) is 0 Å². The number of nitrogen functional groups attached to an aromatic ring is 1. The molecule has 0 spiro atoms. The molecule has 0 amide bonds. The maximum absolute atomic E-state index is 5.88. The number of anilines is 1. The van der Waals surface area contributed by atoms with Gasteiger partial charge in [-0.1, -0.05) is 0 Å². The van der Waals surface area contributed by atoms with Crippen molar-refractivity contribution >= 4 is 5.69 Å². The van der Waals surface area contributed by atoms with E-state index in [-0.39, 0.29) is 0 Å². The molecule has 0 atom stereocenters. The van der Waals surface area contributed by atoms with Crippen LogP contribution in [0.15, 0.2) is 12.1 Å². The van der Waals surface area contributed by atoms with Gasteiger partial charge < -0.3 is 29.4 Å². The molecule has 114 valence electrons. The predicted octanol–water partition coefficient (Wildman–Crippen LogP) is 1.72. The van der Waals surface area contributed by atoms with Crippen LogP contribution < -0.4 is 19.9 Å². The largest absolute Gasteiger partial charge is 0.493 e. The second-order valence-corrected chi connectivity index (χ2v) is 4.05. The number of benzene rings is 1. The molecule has 0 saturated carbocycles. The zero-order chi connectivity index (χ0) is 14.8. The standard InChI is InChI=1S/C14H23NO5/c1-16-5-4-6-19-7-8-20-12-10-14(18-3)13(17-2)9-11(12)15/h9-10H,4-8,15H2,1-3H3. The van der Waals surface area contributed by atoms with Gasteiger partial charge in [-0.15, -0.1) is 0 Å². The third-order valence-electron chi connectivity index (χ3n) is 2.64. The third kappa shape index (κ3) is 5.14. The maximum atomic E-state index is 5.88. The van der Waals surface area contributed by atoms with Gasteiger partial charge in [0.1, 0.15) is 12.4 Å². The molecule has 0 aliphatic carbocycles. The molecule has 0 saturated heterocycles. The number of ether oxygens (including phenoxy) is 5. The summed E-state index contributed by atoms with van der Waals surface area (Å²) in [5.41, 5.74) is 6.38. The molecule has 1 aromatic rings. The summed E-state index contributed by atoms with van der Waals surface area (Å²) in [4.78, 5) is 0. The lowest BCUT2D eigenvalue weighted by Crippen LogP contribution is -2.09. The number of rotatable bonds is 10. The van der Waals surface area contributed by atoms with E-state index < -0.39 is 0 Å². The zero-order valence-corrected chi connectivity index (χ0v) is 12.3. The Morgan fingerprint density at radius 3 is 2.20 bits per heavy atom. The zero-order valence-electron chi connectivity index (χ0n) is 12.3. The Morgan fingerprint density at radius 2 is 1.55 bits per heavy atom. The van der Waals surface area contributed by atoms with Gasteiger partial charge in [0, 0.05) is 32.5 Å². The van der Waals surface area contributed by atoms with Crippen LogP contribution >= 0.6 is 0 Å². The summed E-state index contributed by atoms with van der Waals surface area (Å²) in [6.45, 7) is 2.27. The van der Waals surface area contributed by atoms with Crippen LogP contribution in [0.1, 0.15) is 6.42 Å². The molecular weight excluding hydrogens is 262 g/mol. The van der Waals surface area contributed by atoms with Gasteiger partial charge in [0.05, 0.1) is 26.5 Å². The summed E-state index contributed by atoms with van der Waals surface area (Å²) < 4.78 is 26.2. The van der Waals surface area contributed by atoms with Gasteiger partial charge in [-0.3, -0.25) is 0 Å². The van der Waals surface area contributed by atoms with Crippen LogP contribution in [0.2, 0.25) is 0 Å². The number of hydrogen-bond donors (Lipinski definition) is 1. The monoisotopic (exact) mass is 285 g/mol. The lowest BCUT2D eigenvalue weighted by atomic mass is 10.2. The molecule has 20 heavy (non-hydrogen) atoms. The molecule has 0 aliphatic rings. The van der Waals surface area contributed by atoms with E-state index in [9.17, 15) is 0 Å². The van der Waals surface area contributed by atoms with Crippen LogP contribution in [-0.2, 0) is 9.47 Å². The van der Waals surface area contributed by atoms with E-state index in [1.165, 1.54) is 0 Å². The first kappa shape index (κ1) is 16.4. The summed E-state index contributed by atoms with van der Waals surface area (Å²) in [7, 11) is 4.80. The molecule has 1 rings (SSSR count). The lowest BCUT2D eigenvalue weighted by Gasteiger charge is -2.13. The topological polar surface area (TPSA) is 72.2 Å². The second kappa shape index (κ2) is 9.28. The van der Waals surface area contributed by atoms with Gasteiger partial charge in [0.25, 0.3) is 0 Å². The Labute approximate surface area is 119 Å². The molecule has 1 aromatic carbocycles. The summed E-state index contributed by atoms with van der Waals surface area (Å²) in [6.07, 6.45) is 0.870. The highest BCUT2D eigenvalue weighted by Crippen LogP contribution is 2.36. The summed E-state index contributed by atoms with van der Waals surface area (Å²) >= 11 is 0. The van der Waals surface area contributed by atoms with Crippen LogP contribution in [0.4, 0.5) is 5.69 Å². The first-order valence-corrected chi connectivity index (χ1v) is 6.44. The predicted molar refractivity (Wildman–Crippen MR) is 76.8 cm³/mol. The molecule has 6 nitrogen and oxygen atoms in total. The highest BCUT2D eigenvalue weighted by Gasteiger charge is 2.09. The van der Waals surface area contributed by atoms with E-state index in [0.29, 0.717) is 49.4 Å². The minimum atomic E-state index is 0.423. The second-order valence-electron chi connectivity index (χ2n) is 4.05. The van der Waals surface area contributed by atoms with Crippen LogP contribution in [0.25, 0.3) is 0 Å². The number of hydrogen-bond acceptors (Lipinski definition) is 6. The molecule has 0 aromatic heterocycles. The highest BCUT2D eigenvalue weighted by atomic mass is 16.5. The summed E-state index contributed by atoms with van der Waals surface area (Å²) in [5, 5.41) is 0. The first-order valence-electron chi connectivity index (χ1n) is 6.44.